The predicted octanol–water partition coefficient (Wildman–Crippen LogP) is 16.8. The predicted molar refractivity (Wildman–Crippen MR) is 309 cm³/mol. The molecule has 8 aromatic rings. The third-order valence-electron chi connectivity index (χ3n) is 16.1. The van der Waals surface area contributed by atoms with Crippen molar-refractivity contribution in [1.29, 1.82) is 0 Å². The molecule has 0 N–H and O–H groups in total. The van der Waals surface area contributed by atoms with Gasteiger partial charge in [0, 0.05) is 16.4 Å². The van der Waals surface area contributed by atoms with E-state index >= 15 is 0 Å². The fraction of sp³-hybridized carbons (Fsp3) is 0.286. The second-order valence-corrected chi connectivity index (χ2v) is 23.8. The number of Topliss-reactive ketones (excluding diaryl/α,β-unsaturated/α-hetero) is 1. The van der Waals surface area contributed by atoms with Crippen LogP contribution in [0.15, 0.2) is 182 Å². The summed E-state index contributed by atoms with van der Waals surface area (Å²) < 4.78 is 29.2. The van der Waals surface area contributed by atoms with Crippen LogP contribution in [0.2, 0.25) is 0 Å². The SMILES string of the molecule is COc1ccc(C2(c3ccc(OC(=O)c4ccc5cc(C(=O)Oc6ccc(C7(c8ccc(OC(=O)c9ccc(Oc%10ccc(C(C)=O)cc%10)cc9)cc8)CC(C)CC(C)(C)C7)cc6)ccc5c4)cc3)CC(C)CC(C)(C)C2)cc1. The normalized spacial score (nSPS) is 20.4. The molecular formula is C70H68O9. The number of carbonyl (C=O) groups is 4. The summed E-state index contributed by atoms with van der Waals surface area (Å²) in [7, 11) is 1.69. The largest absolute Gasteiger partial charge is 0.497 e. The monoisotopic (exact) mass is 1050 g/mol. The van der Waals surface area contributed by atoms with Gasteiger partial charge < -0.3 is 23.7 Å². The number of benzene rings is 8. The van der Waals surface area contributed by atoms with Crippen molar-refractivity contribution in [3.05, 3.63) is 226 Å². The molecule has 2 fully saturated rings. The summed E-state index contributed by atoms with van der Waals surface area (Å²) in [5.41, 5.74) is 6.10. The Morgan fingerprint density at radius 1 is 0.380 bits per heavy atom. The average molecular weight is 1050 g/mol. The molecule has 4 atom stereocenters. The van der Waals surface area contributed by atoms with Gasteiger partial charge in [-0.05, 0) is 222 Å². The van der Waals surface area contributed by atoms with Crippen LogP contribution in [0.4, 0.5) is 0 Å². The van der Waals surface area contributed by atoms with Crippen molar-refractivity contribution in [3.8, 4) is 34.5 Å². The average Bonchev–Trinajstić information content (AvgIpc) is 3.55. The van der Waals surface area contributed by atoms with Crippen LogP contribution in [0.3, 0.4) is 0 Å². The topological polar surface area (TPSA) is 114 Å². The summed E-state index contributed by atoms with van der Waals surface area (Å²) >= 11 is 0. The van der Waals surface area contributed by atoms with Gasteiger partial charge in [0.25, 0.3) is 0 Å². The van der Waals surface area contributed by atoms with Gasteiger partial charge >= 0.3 is 17.9 Å². The minimum absolute atomic E-state index is 0.0187. The molecule has 0 aliphatic heterocycles. The van der Waals surface area contributed by atoms with Gasteiger partial charge in [-0.1, -0.05) is 102 Å². The number of ketones is 1. The van der Waals surface area contributed by atoms with Crippen LogP contribution in [-0.2, 0) is 10.8 Å². The molecule has 8 aromatic carbocycles. The zero-order chi connectivity index (χ0) is 55.7. The van der Waals surface area contributed by atoms with Gasteiger partial charge in [0.1, 0.15) is 34.5 Å². The zero-order valence-electron chi connectivity index (χ0n) is 46.4. The Labute approximate surface area is 463 Å². The summed E-state index contributed by atoms with van der Waals surface area (Å²) in [6.45, 7) is 15.5. The van der Waals surface area contributed by atoms with Crippen molar-refractivity contribution in [2.45, 2.75) is 97.8 Å². The van der Waals surface area contributed by atoms with E-state index in [0.29, 0.717) is 62.8 Å². The number of ether oxygens (including phenoxy) is 5. The van der Waals surface area contributed by atoms with Crippen molar-refractivity contribution < 1.29 is 42.9 Å². The molecular weight excluding hydrogens is 985 g/mol. The fourth-order valence-corrected chi connectivity index (χ4v) is 13.3. The van der Waals surface area contributed by atoms with E-state index in [1.54, 1.807) is 79.9 Å². The Balaban J connectivity index is 0.789. The molecule has 0 radical (unpaired) electrons. The Morgan fingerprint density at radius 3 is 1.01 bits per heavy atom. The number of rotatable bonds is 14. The molecule has 402 valence electrons. The number of hydrogen-bond donors (Lipinski definition) is 0. The maximum absolute atomic E-state index is 13.7. The lowest BCUT2D eigenvalue weighted by Gasteiger charge is -2.48. The maximum atomic E-state index is 13.7. The third kappa shape index (κ3) is 11.9. The summed E-state index contributed by atoms with van der Waals surface area (Å²) in [6, 6.07) is 56.4. The molecule has 0 bridgehead atoms. The third-order valence-corrected chi connectivity index (χ3v) is 16.1. The Morgan fingerprint density at radius 2 is 0.684 bits per heavy atom. The van der Waals surface area contributed by atoms with Gasteiger partial charge in [0.05, 0.1) is 23.8 Å². The lowest BCUT2D eigenvalue weighted by molar-refractivity contribution is 0.0724. The highest BCUT2D eigenvalue weighted by atomic mass is 16.5. The van der Waals surface area contributed by atoms with Gasteiger partial charge in [0.2, 0.25) is 0 Å². The molecule has 0 saturated heterocycles. The Kier molecular flexibility index (Phi) is 15.0. The van der Waals surface area contributed by atoms with Crippen molar-refractivity contribution in [2.75, 3.05) is 7.11 Å². The smallest absolute Gasteiger partial charge is 0.343 e. The van der Waals surface area contributed by atoms with Crippen LogP contribution in [0.1, 0.15) is 151 Å². The van der Waals surface area contributed by atoms with Gasteiger partial charge in [-0.25, -0.2) is 14.4 Å². The van der Waals surface area contributed by atoms with Gasteiger partial charge in [0.15, 0.2) is 5.78 Å². The molecule has 4 unspecified atom stereocenters. The Hall–Kier alpha value is -8.30. The van der Waals surface area contributed by atoms with E-state index in [4.69, 9.17) is 23.7 Å². The molecule has 2 aliphatic carbocycles. The van der Waals surface area contributed by atoms with Crippen molar-refractivity contribution in [2.24, 2.45) is 22.7 Å². The van der Waals surface area contributed by atoms with Crippen LogP contribution >= 0.6 is 0 Å². The van der Waals surface area contributed by atoms with Gasteiger partial charge in [-0.15, -0.1) is 0 Å². The van der Waals surface area contributed by atoms with Crippen LogP contribution < -0.4 is 23.7 Å². The molecule has 9 heteroatoms. The minimum Gasteiger partial charge on any atom is -0.497 e. The van der Waals surface area contributed by atoms with E-state index in [1.807, 2.05) is 60.7 Å². The molecule has 0 spiro atoms. The van der Waals surface area contributed by atoms with E-state index in [1.165, 1.54) is 18.1 Å². The molecule has 0 amide bonds. The van der Waals surface area contributed by atoms with E-state index in [0.717, 1.165) is 66.2 Å². The van der Waals surface area contributed by atoms with Gasteiger partial charge in [-0.2, -0.15) is 0 Å². The van der Waals surface area contributed by atoms with Gasteiger partial charge in [-0.3, -0.25) is 4.79 Å². The maximum Gasteiger partial charge on any atom is 0.343 e. The lowest BCUT2D eigenvalue weighted by Crippen LogP contribution is -2.41. The number of fused-ring (bicyclic) bond motifs is 1. The lowest BCUT2D eigenvalue weighted by atomic mass is 9.55. The van der Waals surface area contributed by atoms with E-state index in [9.17, 15) is 19.2 Å². The number of methoxy groups -OCH3 is 1. The highest BCUT2D eigenvalue weighted by Crippen LogP contribution is 2.55. The van der Waals surface area contributed by atoms with Crippen molar-refractivity contribution in [1.82, 2.24) is 0 Å². The van der Waals surface area contributed by atoms with Crippen molar-refractivity contribution in [3.63, 3.8) is 0 Å². The van der Waals surface area contributed by atoms with Crippen LogP contribution in [-0.4, -0.2) is 30.8 Å². The molecule has 10 rings (SSSR count). The highest BCUT2D eigenvalue weighted by Gasteiger charge is 2.46. The molecule has 79 heavy (non-hydrogen) atoms. The Bertz CT molecular complexity index is 3520. The molecule has 0 aromatic heterocycles. The first-order valence-electron chi connectivity index (χ1n) is 27.3. The minimum atomic E-state index is -0.490. The zero-order valence-corrected chi connectivity index (χ0v) is 46.4. The molecule has 0 heterocycles. The van der Waals surface area contributed by atoms with Crippen LogP contribution in [0, 0.1) is 22.7 Å². The summed E-state index contributed by atoms with van der Waals surface area (Å²) in [6.07, 6.45) is 6.09. The molecule has 2 saturated carbocycles. The second-order valence-electron chi connectivity index (χ2n) is 23.8. The van der Waals surface area contributed by atoms with E-state index in [-0.39, 0.29) is 27.4 Å². The van der Waals surface area contributed by atoms with Crippen molar-refractivity contribution >= 4 is 34.5 Å². The van der Waals surface area contributed by atoms with E-state index < -0.39 is 17.9 Å². The highest BCUT2D eigenvalue weighted by molar-refractivity contribution is 6.00. The first-order chi connectivity index (χ1) is 37.8. The standard InChI is InChI=1S/C70H68O9/c1-45-39-67(4,5)43-69(41-45,54-17-29-58(75-8)30-18-54)55-21-33-62(34-22-55)78-65(73)52-11-9-51-38-53(12-10-50(51)37-52)66(74)79-63-35-23-57(24-36-63)70(42-46(2)40-68(6,7)44-70)56-19-31-61(32-20-56)77-64(72)49-15-27-60(28-16-49)76-59-25-13-48(14-26-59)47(3)71/h9-38,45-46H,39-44H2,1-8H3. The molecule has 2 aliphatic rings. The van der Waals surface area contributed by atoms with E-state index in [2.05, 4.69) is 90.1 Å². The second kappa shape index (κ2) is 21.9. The number of esters is 3. The first kappa shape index (κ1) is 54.1. The number of carbonyl (C=O) groups excluding carboxylic acids is 4. The van der Waals surface area contributed by atoms with Crippen LogP contribution in [0.25, 0.3) is 10.8 Å². The molecule has 9 nitrogen and oxygen atoms in total. The fourth-order valence-electron chi connectivity index (χ4n) is 13.3. The number of hydrogen-bond acceptors (Lipinski definition) is 9. The summed E-state index contributed by atoms with van der Waals surface area (Å²) in [4.78, 5) is 52.2. The summed E-state index contributed by atoms with van der Waals surface area (Å²) in [5.74, 6) is 2.79. The van der Waals surface area contributed by atoms with Crippen LogP contribution in [0.5, 0.6) is 34.5 Å². The quantitative estimate of drug-likeness (QED) is 0.0596. The summed E-state index contributed by atoms with van der Waals surface area (Å²) in [5, 5.41) is 1.57. The first-order valence-corrected chi connectivity index (χ1v) is 27.3.